The van der Waals surface area contributed by atoms with Crippen molar-refractivity contribution in [1.82, 2.24) is 0 Å². The molecule has 0 aliphatic rings. The van der Waals surface area contributed by atoms with Crippen LogP contribution in [0.4, 0.5) is 5.69 Å². The van der Waals surface area contributed by atoms with E-state index in [1.54, 1.807) is 36.4 Å². The lowest BCUT2D eigenvalue weighted by atomic mass is 10.1. The van der Waals surface area contributed by atoms with Crippen LogP contribution in [0.2, 0.25) is 10.0 Å². The highest BCUT2D eigenvalue weighted by Crippen LogP contribution is 2.31. The van der Waals surface area contributed by atoms with Crippen molar-refractivity contribution < 1.29 is 14.3 Å². The van der Waals surface area contributed by atoms with Gasteiger partial charge in [0.1, 0.15) is 11.5 Å². The molecule has 0 fully saturated rings. The average molecular weight is 376 g/mol. The van der Waals surface area contributed by atoms with E-state index in [0.29, 0.717) is 28.1 Å². The SMILES string of the molecule is Cc1ccc(C(=O)O)cc1NCc1ccc(-c2ccc(Cl)cc2Cl)o1. The van der Waals surface area contributed by atoms with Gasteiger partial charge in [-0.25, -0.2) is 4.79 Å². The van der Waals surface area contributed by atoms with Crippen LogP contribution >= 0.6 is 23.2 Å². The molecule has 2 aromatic carbocycles. The Bertz CT molecular complexity index is 934. The van der Waals surface area contributed by atoms with Crippen LogP contribution in [0.3, 0.4) is 0 Å². The number of halogens is 2. The monoisotopic (exact) mass is 375 g/mol. The molecule has 0 aliphatic carbocycles. The third kappa shape index (κ3) is 3.98. The molecule has 3 aromatic rings. The van der Waals surface area contributed by atoms with E-state index in [1.807, 2.05) is 19.1 Å². The molecule has 0 bridgehead atoms. The van der Waals surface area contributed by atoms with Crippen LogP contribution in [0.25, 0.3) is 11.3 Å². The lowest BCUT2D eigenvalue weighted by molar-refractivity contribution is 0.0697. The highest BCUT2D eigenvalue weighted by molar-refractivity contribution is 6.36. The molecule has 0 saturated carbocycles. The number of hydrogen-bond acceptors (Lipinski definition) is 3. The zero-order valence-electron chi connectivity index (χ0n) is 13.3. The van der Waals surface area contributed by atoms with E-state index >= 15 is 0 Å². The average Bonchev–Trinajstić information content (AvgIpc) is 3.02. The molecule has 0 spiro atoms. The predicted octanol–water partition coefficient (Wildman–Crippen LogP) is 5.87. The van der Waals surface area contributed by atoms with Gasteiger partial charge in [-0.1, -0.05) is 29.3 Å². The third-order valence-corrected chi connectivity index (χ3v) is 4.34. The van der Waals surface area contributed by atoms with Gasteiger partial charge in [-0.3, -0.25) is 0 Å². The summed E-state index contributed by atoms with van der Waals surface area (Å²) in [5.41, 5.74) is 2.71. The Labute approximate surface area is 155 Å². The summed E-state index contributed by atoms with van der Waals surface area (Å²) in [5, 5.41) is 13.4. The first-order chi connectivity index (χ1) is 11.9. The van der Waals surface area contributed by atoms with Gasteiger partial charge in [-0.05, 0) is 55.0 Å². The number of benzene rings is 2. The summed E-state index contributed by atoms with van der Waals surface area (Å²) in [4.78, 5) is 11.1. The largest absolute Gasteiger partial charge is 0.478 e. The zero-order valence-corrected chi connectivity index (χ0v) is 14.9. The van der Waals surface area contributed by atoms with Gasteiger partial charge >= 0.3 is 5.97 Å². The number of anilines is 1. The topological polar surface area (TPSA) is 62.5 Å². The first kappa shape index (κ1) is 17.4. The van der Waals surface area contributed by atoms with Crippen LogP contribution in [0.15, 0.2) is 52.9 Å². The van der Waals surface area contributed by atoms with Crippen LogP contribution < -0.4 is 5.32 Å². The van der Waals surface area contributed by atoms with Gasteiger partial charge in [0.15, 0.2) is 0 Å². The highest BCUT2D eigenvalue weighted by Gasteiger charge is 2.10. The summed E-state index contributed by atoms with van der Waals surface area (Å²) in [6.07, 6.45) is 0. The van der Waals surface area contributed by atoms with Gasteiger partial charge in [0, 0.05) is 16.3 Å². The molecule has 0 aliphatic heterocycles. The van der Waals surface area contributed by atoms with Gasteiger partial charge < -0.3 is 14.8 Å². The lowest BCUT2D eigenvalue weighted by Gasteiger charge is -2.09. The summed E-state index contributed by atoms with van der Waals surface area (Å²) in [6.45, 7) is 2.34. The number of furan rings is 1. The van der Waals surface area contributed by atoms with Crippen LogP contribution in [-0.2, 0) is 6.54 Å². The summed E-state index contributed by atoms with van der Waals surface area (Å²) in [7, 11) is 0. The minimum absolute atomic E-state index is 0.237. The van der Waals surface area contributed by atoms with E-state index in [1.165, 1.54) is 0 Å². The van der Waals surface area contributed by atoms with Crippen molar-refractivity contribution >= 4 is 34.9 Å². The fourth-order valence-corrected chi connectivity index (χ4v) is 2.94. The van der Waals surface area contributed by atoms with Gasteiger partial charge in [0.25, 0.3) is 0 Å². The highest BCUT2D eigenvalue weighted by atomic mass is 35.5. The number of aromatic carboxylic acids is 1. The van der Waals surface area contributed by atoms with Crippen molar-refractivity contribution in [3.63, 3.8) is 0 Å². The minimum Gasteiger partial charge on any atom is -0.478 e. The maximum Gasteiger partial charge on any atom is 0.335 e. The van der Waals surface area contributed by atoms with Crippen molar-refractivity contribution in [2.75, 3.05) is 5.32 Å². The maximum atomic E-state index is 11.1. The molecule has 0 unspecified atom stereocenters. The number of carboxylic acid groups (broad SMARTS) is 1. The number of hydrogen-bond donors (Lipinski definition) is 2. The first-order valence-electron chi connectivity index (χ1n) is 7.56. The van der Waals surface area contributed by atoms with Crippen LogP contribution in [0, 0.1) is 6.92 Å². The predicted molar refractivity (Wildman–Crippen MR) is 99.6 cm³/mol. The van der Waals surface area contributed by atoms with Gasteiger partial charge in [0.05, 0.1) is 17.1 Å². The quantitative estimate of drug-likeness (QED) is 0.584. The Morgan fingerprint density at radius 1 is 1.12 bits per heavy atom. The molecule has 25 heavy (non-hydrogen) atoms. The van der Waals surface area contributed by atoms with Crippen molar-refractivity contribution in [2.24, 2.45) is 0 Å². The molecular formula is C19H15Cl2NO3. The van der Waals surface area contributed by atoms with E-state index in [2.05, 4.69) is 5.32 Å². The number of carboxylic acids is 1. The Morgan fingerprint density at radius 2 is 1.92 bits per heavy atom. The summed E-state index contributed by atoms with van der Waals surface area (Å²) in [6, 6.07) is 13.9. The fraction of sp³-hybridized carbons (Fsp3) is 0.105. The summed E-state index contributed by atoms with van der Waals surface area (Å²) >= 11 is 12.1. The molecular weight excluding hydrogens is 361 g/mol. The normalized spacial score (nSPS) is 10.7. The van der Waals surface area contributed by atoms with E-state index in [0.717, 1.165) is 16.8 Å². The Balaban J connectivity index is 1.76. The number of rotatable bonds is 5. The van der Waals surface area contributed by atoms with Crippen LogP contribution in [0.5, 0.6) is 0 Å². The zero-order chi connectivity index (χ0) is 18.0. The molecule has 128 valence electrons. The summed E-state index contributed by atoms with van der Waals surface area (Å²) in [5.74, 6) is 0.399. The minimum atomic E-state index is -0.958. The number of nitrogens with one attached hydrogen (secondary N) is 1. The van der Waals surface area contributed by atoms with Crippen molar-refractivity contribution in [3.05, 3.63) is 75.5 Å². The van der Waals surface area contributed by atoms with Gasteiger partial charge in [-0.15, -0.1) is 0 Å². The first-order valence-corrected chi connectivity index (χ1v) is 8.31. The van der Waals surface area contributed by atoms with Gasteiger partial charge in [-0.2, -0.15) is 0 Å². The summed E-state index contributed by atoms with van der Waals surface area (Å²) < 4.78 is 5.82. The Kier molecular flexibility index (Phi) is 5.02. The molecule has 1 aromatic heterocycles. The second-order valence-electron chi connectivity index (χ2n) is 5.58. The molecule has 4 nitrogen and oxygen atoms in total. The molecule has 0 atom stereocenters. The molecule has 0 amide bonds. The molecule has 1 heterocycles. The Morgan fingerprint density at radius 3 is 2.64 bits per heavy atom. The number of carbonyl (C=O) groups is 1. The molecule has 6 heteroatoms. The lowest BCUT2D eigenvalue weighted by Crippen LogP contribution is -2.03. The van der Waals surface area contributed by atoms with E-state index in [4.69, 9.17) is 32.7 Å². The third-order valence-electron chi connectivity index (χ3n) is 3.80. The fourth-order valence-electron chi connectivity index (χ4n) is 2.43. The van der Waals surface area contributed by atoms with Crippen molar-refractivity contribution in [1.29, 1.82) is 0 Å². The van der Waals surface area contributed by atoms with E-state index < -0.39 is 5.97 Å². The number of aryl methyl sites for hydroxylation is 1. The molecule has 0 saturated heterocycles. The molecule has 0 radical (unpaired) electrons. The molecule has 2 N–H and O–H groups in total. The van der Waals surface area contributed by atoms with Crippen LogP contribution in [-0.4, -0.2) is 11.1 Å². The second-order valence-corrected chi connectivity index (χ2v) is 6.42. The van der Waals surface area contributed by atoms with Crippen molar-refractivity contribution in [2.45, 2.75) is 13.5 Å². The molecule has 3 rings (SSSR count). The smallest absolute Gasteiger partial charge is 0.335 e. The van der Waals surface area contributed by atoms with E-state index in [9.17, 15) is 4.79 Å². The standard InChI is InChI=1S/C19H15Cl2NO3/c1-11-2-3-12(19(23)24)8-17(11)22-10-14-5-7-18(25-14)15-6-4-13(20)9-16(15)21/h2-9,22H,10H2,1H3,(H,23,24). The second kappa shape index (κ2) is 7.21. The van der Waals surface area contributed by atoms with E-state index in [-0.39, 0.29) is 5.56 Å². The van der Waals surface area contributed by atoms with Crippen LogP contribution in [0.1, 0.15) is 21.7 Å². The maximum absolute atomic E-state index is 11.1. The Hall–Kier alpha value is -2.43. The van der Waals surface area contributed by atoms with Gasteiger partial charge in [0.2, 0.25) is 0 Å². The van der Waals surface area contributed by atoms with Crippen molar-refractivity contribution in [3.8, 4) is 11.3 Å².